The first-order valence-electron chi connectivity index (χ1n) is 7.01. The molecule has 0 aliphatic rings. The van der Waals surface area contributed by atoms with Crippen LogP contribution in [-0.2, 0) is 0 Å². The fourth-order valence-corrected chi connectivity index (χ4v) is 1.75. The third kappa shape index (κ3) is 6.43. The fraction of sp³-hybridized carbons (Fsp3) is 0.533. The van der Waals surface area contributed by atoms with E-state index in [0.717, 1.165) is 17.7 Å². The number of carbonyl (C=O) groups excluding carboxylic acids is 1. The van der Waals surface area contributed by atoms with Crippen molar-refractivity contribution in [3.05, 3.63) is 29.8 Å². The summed E-state index contributed by atoms with van der Waals surface area (Å²) in [5, 5.41) is 14.8. The predicted octanol–water partition coefficient (Wildman–Crippen LogP) is 1.83. The molecule has 0 saturated carbocycles. The third-order valence-electron chi connectivity index (χ3n) is 2.86. The molecule has 0 bridgehead atoms. The molecule has 5 heteroatoms. The molecule has 0 aromatic heterocycles. The summed E-state index contributed by atoms with van der Waals surface area (Å²) < 4.78 is 5.56. The van der Waals surface area contributed by atoms with Gasteiger partial charge in [0.1, 0.15) is 12.4 Å². The third-order valence-corrected chi connectivity index (χ3v) is 2.86. The summed E-state index contributed by atoms with van der Waals surface area (Å²) >= 11 is 0. The maximum Gasteiger partial charge on any atom is 0.315 e. The highest BCUT2D eigenvalue weighted by atomic mass is 16.5. The highest BCUT2D eigenvalue weighted by Crippen LogP contribution is 2.15. The van der Waals surface area contributed by atoms with Gasteiger partial charge in [-0.1, -0.05) is 31.5 Å². The zero-order valence-corrected chi connectivity index (χ0v) is 12.2. The van der Waals surface area contributed by atoms with Gasteiger partial charge in [-0.25, -0.2) is 4.79 Å². The van der Waals surface area contributed by atoms with Gasteiger partial charge in [-0.3, -0.25) is 0 Å². The van der Waals surface area contributed by atoms with E-state index < -0.39 is 6.10 Å². The second-order valence-corrected chi connectivity index (χ2v) is 4.69. The van der Waals surface area contributed by atoms with E-state index in [4.69, 9.17) is 4.74 Å². The first-order chi connectivity index (χ1) is 9.63. The van der Waals surface area contributed by atoms with Crippen molar-refractivity contribution in [3.8, 4) is 5.75 Å². The van der Waals surface area contributed by atoms with Gasteiger partial charge in [-0.2, -0.15) is 0 Å². The lowest BCUT2D eigenvalue weighted by Gasteiger charge is -2.12. The van der Waals surface area contributed by atoms with Crippen LogP contribution in [0.3, 0.4) is 0 Å². The van der Waals surface area contributed by atoms with Gasteiger partial charge in [0.15, 0.2) is 0 Å². The molecule has 0 spiro atoms. The zero-order valence-electron chi connectivity index (χ0n) is 12.2. The Bertz CT molecular complexity index is 410. The lowest BCUT2D eigenvalue weighted by Crippen LogP contribution is -2.41. The number of carbonyl (C=O) groups is 1. The molecule has 2 amide bonds. The van der Waals surface area contributed by atoms with Crippen molar-refractivity contribution in [2.45, 2.75) is 32.8 Å². The van der Waals surface area contributed by atoms with Crippen molar-refractivity contribution in [1.29, 1.82) is 0 Å². The Balaban J connectivity index is 2.12. The monoisotopic (exact) mass is 280 g/mol. The maximum absolute atomic E-state index is 11.4. The summed E-state index contributed by atoms with van der Waals surface area (Å²) in [7, 11) is 0. The predicted molar refractivity (Wildman–Crippen MR) is 79.0 cm³/mol. The molecule has 0 saturated heterocycles. The summed E-state index contributed by atoms with van der Waals surface area (Å²) in [6, 6.07) is 7.46. The number of hydrogen-bond acceptors (Lipinski definition) is 3. The van der Waals surface area contributed by atoms with Gasteiger partial charge in [-0.05, 0) is 25.0 Å². The number of hydrogen-bond donors (Lipinski definition) is 3. The van der Waals surface area contributed by atoms with Crippen molar-refractivity contribution in [1.82, 2.24) is 10.6 Å². The second kappa shape index (κ2) is 9.20. The minimum absolute atomic E-state index is 0.276. The summed E-state index contributed by atoms with van der Waals surface area (Å²) in [6.07, 6.45) is 1.11. The SMILES string of the molecule is CCCC(O)CNC(=O)NCCOc1ccccc1C. The molecule has 0 aliphatic carbocycles. The number of benzene rings is 1. The molecule has 1 rings (SSSR count). The lowest BCUT2D eigenvalue weighted by molar-refractivity contribution is 0.160. The van der Waals surface area contributed by atoms with Gasteiger partial charge < -0.3 is 20.5 Å². The van der Waals surface area contributed by atoms with Crippen LogP contribution < -0.4 is 15.4 Å². The molecule has 5 nitrogen and oxygen atoms in total. The van der Waals surface area contributed by atoms with Gasteiger partial charge in [0, 0.05) is 6.54 Å². The number of aliphatic hydroxyl groups excluding tert-OH is 1. The molecule has 20 heavy (non-hydrogen) atoms. The van der Waals surface area contributed by atoms with Crippen LogP contribution in [0.4, 0.5) is 4.79 Å². The van der Waals surface area contributed by atoms with Crippen molar-refractivity contribution < 1.29 is 14.6 Å². The van der Waals surface area contributed by atoms with Crippen molar-refractivity contribution in [2.24, 2.45) is 0 Å². The van der Waals surface area contributed by atoms with E-state index in [1.807, 2.05) is 38.1 Å². The number of aliphatic hydroxyl groups is 1. The number of rotatable bonds is 8. The zero-order chi connectivity index (χ0) is 14.8. The Hall–Kier alpha value is -1.75. The number of amides is 2. The molecular formula is C15H24N2O3. The largest absolute Gasteiger partial charge is 0.491 e. The summed E-state index contributed by atoms with van der Waals surface area (Å²) in [4.78, 5) is 11.4. The fourth-order valence-electron chi connectivity index (χ4n) is 1.75. The van der Waals surface area contributed by atoms with Gasteiger partial charge in [-0.15, -0.1) is 0 Å². The van der Waals surface area contributed by atoms with E-state index in [1.165, 1.54) is 0 Å². The van der Waals surface area contributed by atoms with Crippen LogP contribution in [0.1, 0.15) is 25.3 Å². The normalized spacial score (nSPS) is 11.8. The number of para-hydroxylation sites is 1. The average Bonchev–Trinajstić information content (AvgIpc) is 2.43. The van der Waals surface area contributed by atoms with Crippen molar-refractivity contribution >= 4 is 6.03 Å². The molecule has 3 N–H and O–H groups in total. The van der Waals surface area contributed by atoms with Crippen LogP contribution in [0.15, 0.2) is 24.3 Å². The van der Waals surface area contributed by atoms with Crippen molar-refractivity contribution in [2.75, 3.05) is 19.7 Å². The van der Waals surface area contributed by atoms with Gasteiger partial charge in [0.25, 0.3) is 0 Å². The molecule has 0 radical (unpaired) electrons. The Labute approximate surface area is 120 Å². The molecule has 1 unspecified atom stereocenters. The van der Waals surface area contributed by atoms with Crippen LogP contribution in [-0.4, -0.2) is 36.9 Å². The minimum Gasteiger partial charge on any atom is -0.491 e. The van der Waals surface area contributed by atoms with Crippen LogP contribution in [0.25, 0.3) is 0 Å². The van der Waals surface area contributed by atoms with Gasteiger partial charge in [0.05, 0.1) is 12.6 Å². The number of urea groups is 1. The lowest BCUT2D eigenvalue weighted by atomic mass is 10.2. The molecule has 112 valence electrons. The topological polar surface area (TPSA) is 70.6 Å². The highest BCUT2D eigenvalue weighted by molar-refractivity contribution is 5.73. The molecular weight excluding hydrogens is 256 g/mol. The first kappa shape index (κ1) is 16.3. The van der Waals surface area contributed by atoms with Crippen LogP contribution in [0, 0.1) is 6.92 Å². The van der Waals surface area contributed by atoms with Crippen LogP contribution in [0.5, 0.6) is 5.75 Å². The van der Waals surface area contributed by atoms with E-state index in [1.54, 1.807) is 0 Å². The molecule has 0 heterocycles. The number of ether oxygens (including phenoxy) is 1. The van der Waals surface area contributed by atoms with E-state index in [2.05, 4.69) is 10.6 Å². The van der Waals surface area contributed by atoms with Gasteiger partial charge in [0.2, 0.25) is 0 Å². The quantitative estimate of drug-likeness (QED) is 0.636. The standard InChI is InChI=1S/C15H24N2O3/c1-3-6-13(18)11-17-15(19)16-9-10-20-14-8-5-4-7-12(14)2/h4-5,7-8,13,18H,3,6,9-11H2,1-2H3,(H2,16,17,19). The Kier molecular flexibility index (Phi) is 7.50. The molecule has 1 atom stereocenters. The summed E-state index contributed by atoms with van der Waals surface area (Å²) in [5.41, 5.74) is 1.07. The van der Waals surface area contributed by atoms with Crippen molar-refractivity contribution in [3.63, 3.8) is 0 Å². The maximum atomic E-state index is 11.4. The highest BCUT2D eigenvalue weighted by Gasteiger charge is 2.05. The molecule has 0 aliphatic heterocycles. The minimum atomic E-state index is -0.478. The molecule has 1 aromatic rings. The first-order valence-corrected chi connectivity index (χ1v) is 7.01. The Morgan fingerprint density at radius 2 is 2.10 bits per heavy atom. The summed E-state index contributed by atoms with van der Waals surface area (Å²) in [6.45, 7) is 5.08. The smallest absolute Gasteiger partial charge is 0.315 e. The van der Waals surface area contributed by atoms with Crippen LogP contribution >= 0.6 is 0 Å². The average molecular weight is 280 g/mol. The van der Waals surface area contributed by atoms with E-state index in [-0.39, 0.29) is 12.6 Å². The van der Waals surface area contributed by atoms with Crippen LogP contribution in [0.2, 0.25) is 0 Å². The molecule has 0 fully saturated rings. The molecule has 1 aromatic carbocycles. The van der Waals surface area contributed by atoms with E-state index in [9.17, 15) is 9.90 Å². The number of aryl methyl sites for hydroxylation is 1. The van der Waals surface area contributed by atoms with E-state index in [0.29, 0.717) is 19.6 Å². The van der Waals surface area contributed by atoms with Gasteiger partial charge >= 0.3 is 6.03 Å². The number of nitrogens with one attached hydrogen (secondary N) is 2. The summed E-state index contributed by atoms with van der Waals surface area (Å²) in [5.74, 6) is 0.827. The Morgan fingerprint density at radius 3 is 2.80 bits per heavy atom. The second-order valence-electron chi connectivity index (χ2n) is 4.69. The Morgan fingerprint density at radius 1 is 1.35 bits per heavy atom. The van der Waals surface area contributed by atoms with E-state index >= 15 is 0 Å².